The topological polar surface area (TPSA) is 50.9 Å². The molecule has 2 heterocycles. The lowest BCUT2D eigenvalue weighted by atomic mass is 9.93. The van der Waals surface area contributed by atoms with E-state index in [1.807, 2.05) is 11.0 Å². The van der Waals surface area contributed by atoms with Crippen LogP contribution < -0.4 is 10.6 Å². The second-order valence-electron chi connectivity index (χ2n) is 5.09. The predicted molar refractivity (Wildman–Crippen MR) is 72.7 cm³/mol. The Morgan fingerprint density at radius 3 is 3.05 bits per heavy atom. The number of halogens is 1. The van der Waals surface area contributed by atoms with Crippen molar-refractivity contribution in [3.05, 3.63) is 30.1 Å². The molecule has 19 heavy (non-hydrogen) atoms. The molecule has 1 fully saturated rings. The molecule has 0 amide bonds. The Morgan fingerprint density at radius 2 is 2.32 bits per heavy atom. The molecule has 0 aliphatic carbocycles. The molecule has 0 aromatic heterocycles. The zero-order chi connectivity index (χ0) is 13.2. The summed E-state index contributed by atoms with van der Waals surface area (Å²) in [6, 6.07) is 6.69. The number of ether oxygens (including phenoxy) is 1. The van der Waals surface area contributed by atoms with Crippen LogP contribution in [0.2, 0.25) is 0 Å². The minimum atomic E-state index is -0.254. The third-order valence-electron chi connectivity index (χ3n) is 3.84. The van der Waals surface area contributed by atoms with Crippen LogP contribution in [0.4, 0.5) is 10.1 Å². The van der Waals surface area contributed by atoms with Crippen LogP contribution in [-0.4, -0.2) is 31.8 Å². The Balaban J connectivity index is 1.85. The number of nitrogens with zero attached hydrogens (tertiary/aromatic N) is 2. The molecule has 0 spiro atoms. The SMILES string of the molecule is NC1=NCC(C2CCCOC2)N1c1cccc(F)c1. The molecule has 2 unspecified atom stereocenters. The van der Waals surface area contributed by atoms with E-state index in [2.05, 4.69) is 4.99 Å². The molecule has 2 atom stereocenters. The van der Waals surface area contributed by atoms with E-state index >= 15 is 0 Å². The fraction of sp³-hybridized carbons (Fsp3) is 0.500. The number of anilines is 1. The Bertz CT molecular complexity index is 485. The maximum atomic E-state index is 13.4. The highest BCUT2D eigenvalue weighted by Gasteiger charge is 2.35. The number of nitrogens with two attached hydrogens (primary N) is 1. The molecule has 1 saturated heterocycles. The van der Waals surface area contributed by atoms with E-state index in [0.29, 0.717) is 18.4 Å². The second kappa shape index (κ2) is 5.17. The van der Waals surface area contributed by atoms with Crippen molar-refractivity contribution in [3.8, 4) is 0 Å². The third-order valence-corrected chi connectivity index (χ3v) is 3.84. The summed E-state index contributed by atoms with van der Waals surface area (Å²) >= 11 is 0. The van der Waals surface area contributed by atoms with Crippen LogP contribution >= 0.6 is 0 Å². The minimum absolute atomic E-state index is 0.182. The van der Waals surface area contributed by atoms with E-state index in [1.165, 1.54) is 12.1 Å². The molecule has 2 aliphatic heterocycles. The van der Waals surface area contributed by atoms with E-state index < -0.39 is 0 Å². The maximum Gasteiger partial charge on any atom is 0.196 e. The van der Waals surface area contributed by atoms with Gasteiger partial charge in [-0.15, -0.1) is 0 Å². The van der Waals surface area contributed by atoms with Gasteiger partial charge in [0, 0.05) is 18.2 Å². The molecule has 5 heteroatoms. The van der Waals surface area contributed by atoms with Gasteiger partial charge in [0.25, 0.3) is 0 Å². The number of hydrogen-bond donors (Lipinski definition) is 1. The van der Waals surface area contributed by atoms with Gasteiger partial charge in [-0.3, -0.25) is 4.99 Å². The quantitative estimate of drug-likeness (QED) is 0.884. The molecule has 0 saturated carbocycles. The Morgan fingerprint density at radius 1 is 1.42 bits per heavy atom. The van der Waals surface area contributed by atoms with E-state index in [0.717, 1.165) is 31.7 Å². The summed E-state index contributed by atoms with van der Waals surface area (Å²) < 4.78 is 18.9. The highest BCUT2D eigenvalue weighted by molar-refractivity contribution is 5.97. The molecule has 2 N–H and O–H groups in total. The van der Waals surface area contributed by atoms with Gasteiger partial charge in [0.2, 0.25) is 0 Å². The van der Waals surface area contributed by atoms with E-state index in [1.54, 1.807) is 6.07 Å². The maximum absolute atomic E-state index is 13.4. The summed E-state index contributed by atoms with van der Waals surface area (Å²) in [5.41, 5.74) is 6.74. The zero-order valence-corrected chi connectivity index (χ0v) is 10.8. The summed E-state index contributed by atoms with van der Waals surface area (Å²) in [6.45, 7) is 2.23. The van der Waals surface area contributed by atoms with Crippen LogP contribution in [0.15, 0.2) is 29.3 Å². The molecule has 0 radical (unpaired) electrons. The van der Waals surface area contributed by atoms with Gasteiger partial charge in [-0.1, -0.05) is 6.07 Å². The van der Waals surface area contributed by atoms with Crippen LogP contribution in [-0.2, 0) is 4.74 Å². The average Bonchev–Trinajstić information content (AvgIpc) is 2.82. The van der Waals surface area contributed by atoms with Crippen molar-refractivity contribution in [2.24, 2.45) is 16.6 Å². The predicted octanol–water partition coefficient (Wildman–Crippen LogP) is 1.76. The van der Waals surface area contributed by atoms with Crippen molar-refractivity contribution in [1.82, 2.24) is 0 Å². The van der Waals surface area contributed by atoms with Crippen LogP contribution in [0.5, 0.6) is 0 Å². The second-order valence-corrected chi connectivity index (χ2v) is 5.09. The number of aliphatic imine (C=N–C) groups is 1. The van der Waals surface area contributed by atoms with Crippen LogP contribution in [0.1, 0.15) is 12.8 Å². The largest absolute Gasteiger partial charge is 0.381 e. The van der Waals surface area contributed by atoms with Gasteiger partial charge < -0.3 is 15.4 Å². The molecule has 2 aliphatic rings. The lowest BCUT2D eigenvalue weighted by Gasteiger charge is -2.34. The first-order valence-corrected chi connectivity index (χ1v) is 6.68. The number of guanidine groups is 1. The molecule has 1 aromatic rings. The monoisotopic (exact) mass is 263 g/mol. The normalized spacial score (nSPS) is 27.4. The van der Waals surface area contributed by atoms with Gasteiger partial charge in [0.1, 0.15) is 5.82 Å². The lowest BCUT2D eigenvalue weighted by Crippen LogP contribution is -2.47. The molecule has 3 rings (SSSR count). The van der Waals surface area contributed by atoms with Gasteiger partial charge in [0.05, 0.1) is 19.2 Å². The summed E-state index contributed by atoms with van der Waals surface area (Å²) in [7, 11) is 0. The highest BCUT2D eigenvalue weighted by Crippen LogP contribution is 2.29. The van der Waals surface area contributed by atoms with Crippen molar-refractivity contribution < 1.29 is 9.13 Å². The van der Waals surface area contributed by atoms with Crippen molar-refractivity contribution in [2.45, 2.75) is 18.9 Å². The van der Waals surface area contributed by atoms with Gasteiger partial charge in [-0.25, -0.2) is 4.39 Å². The van der Waals surface area contributed by atoms with Gasteiger partial charge >= 0.3 is 0 Å². The zero-order valence-electron chi connectivity index (χ0n) is 10.8. The minimum Gasteiger partial charge on any atom is -0.381 e. The van der Waals surface area contributed by atoms with Crippen molar-refractivity contribution in [2.75, 3.05) is 24.7 Å². The Labute approximate surface area is 112 Å². The third kappa shape index (κ3) is 2.42. The van der Waals surface area contributed by atoms with E-state index in [4.69, 9.17) is 10.5 Å². The van der Waals surface area contributed by atoms with E-state index in [9.17, 15) is 4.39 Å². The molecular formula is C14H18FN3O. The van der Waals surface area contributed by atoms with Crippen molar-refractivity contribution in [1.29, 1.82) is 0 Å². The average molecular weight is 263 g/mol. The Hall–Kier alpha value is -1.62. The van der Waals surface area contributed by atoms with Crippen LogP contribution in [0, 0.1) is 11.7 Å². The Kier molecular flexibility index (Phi) is 3.38. The van der Waals surface area contributed by atoms with Crippen molar-refractivity contribution in [3.63, 3.8) is 0 Å². The van der Waals surface area contributed by atoms with E-state index in [-0.39, 0.29) is 11.9 Å². The smallest absolute Gasteiger partial charge is 0.196 e. The summed E-state index contributed by atoms with van der Waals surface area (Å²) in [6.07, 6.45) is 2.18. The first kappa shape index (κ1) is 12.4. The molecule has 102 valence electrons. The highest BCUT2D eigenvalue weighted by atomic mass is 19.1. The summed E-state index contributed by atoms with van der Waals surface area (Å²) in [4.78, 5) is 6.27. The number of hydrogen-bond acceptors (Lipinski definition) is 4. The van der Waals surface area contributed by atoms with Gasteiger partial charge in [-0.05, 0) is 31.0 Å². The van der Waals surface area contributed by atoms with Crippen LogP contribution in [0.3, 0.4) is 0 Å². The van der Waals surface area contributed by atoms with Gasteiger partial charge in [-0.2, -0.15) is 0 Å². The fourth-order valence-electron chi connectivity index (χ4n) is 2.89. The van der Waals surface area contributed by atoms with Crippen LogP contribution in [0.25, 0.3) is 0 Å². The standard InChI is InChI=1S/C14H18FN3O/c15-11-4-1-5-12(7-11)18-13(8-17-14(18)16)10-3-2-6-19-9-10/h1,4-5,7,10,13H,2-3,6,8-9H2,(H2,16,17). The summed E-state index contributed by atoms with van der Waals surface area (Å²) in [5, 5.41) is 0. The molecular weight excluding hydrogens is 245 g/mol. The number of rotatable bonds is 2. The number of benzene rings is 1. The molecule has 4 nitrogen and oxygen atoms in total. The first-order chi connectivity index (χ1) is 9.25. The lowest BCUT2D eigenvalue weighted by molar-refractivity contribution is 0.0473. The summed E-state index contributed by atoms with van der Waals surface area (Å²) in [5.74, 6) is 0.624. The molecule has 1 aromatic carbocycles. The van der Waals surface area contributed by atoms with Crippen molar-refractivity contribution >= 4 is 11.6 Å². The first-order valence-electron chi connectivity index (χ1n) is 6.68. The molecule has 0 bridgehead atoms. The fourth-order valence-corrected chi connectivity index (χ4v) is 2.89. The van der Waals surface area contributed by atoms with Gasteiger partial charge in [0.15, 0.2) is 5.96 Å².